The molecule has 0 aliphatic carbocycles. The highest BCUT2D eigenvalue weighted by Crippen LogP contribution is 2.38. The summed E-state index contributed by atoms with van der Waals surface area (Å²) in [5.74, 6) is -0.634. The molecule has 0 amide bonds. The summed E-state index contributed by atoms with van der Waals surface area (Å²) in [5, 5.41) is 17.2. The molecule has 0 fully saturated rings. The number of hydrogen-bond donors (Lipinski definition) is 0. The molecule has 12 heteroatoms. The first-order chi connectivity index (χ1) is 18.7. The second-order valence-corrected chi connectivity index (χ2v) is 9.17. The van der Waals surface area contributed by atoms with Gasteiger partial charge in [-0.25, -0.2) is 4.98 Å². The molecule has 0 bridgehead atoms. The minimum Gasteiger partial charge on any atom is -0.490 e. The molecule has 0 saturated heterocycles. The minimum absolute atomic E-state index is 0.0181. The van der Waals surface area contributed by atoms with Crippen molar-refractivity contribution in [3.63, 3.8) is 0 Å². The summed E-state index contributed by atoms with van der Waals surface area (Å²) in [6.07, 6.45) is 1.26. The number of carbonyl (C=O) groups is 1. The van der Waals surface area contributed by atoms with Gasteiger partial charge in [0, 0.05) is 28.4 Å². The number of nitro benzene ring substituents is 1. The number of esters is 1. The first kappa shape index (κ1) is 25.8. The molecular formula is C27H19BrN4O7. The maximum Gasteiger partial charge on any atom is 0.316 e. The molecule has 5 aromatic rings. The number of nitrogens with zero attached hydrogens (tertiary/aromatic N) is 4. The molecule has 0 atom stereocenters. The largest absolute Gasteiger partial charge is 0.490 e. The predicted octanol–water partition coefficient (Wildman–Crippen LogP) is 5.69. The monoisotopic (exact) mass is 590 g/mol. The van der Waals surface area contributed by atoms with Gasteiger partial charge in [-0.05, 0) is 49.4 Å². The van der Waals surface area contributed by atoms with Crippen LogP contribution in [0.5, 0.6) is 11.5 Å². The van der Waals surface area contributed by atoms with Crippen molar-refractivity contribution in [2.24, 2.45) is 5.10 Å². The van der Waals surface area contributed by atoms with Crippen molar-refractivity contribution < 1.29 is 23.6 Å². The standard InChI is InChI=1S/C27H19BrN4O7/c1-3-37-23-11-16(10-21(32(35)36)25(23)38-15(2)33)14-29-31-26(30-20-7-5-4-6-19(20)27(31)34)24-13-17-12-18(28)8-9-22(17)39-24/h4-14H,3H2,1-2H3. The number of halogens is 1. The van der Waals surface area contributed by atoms with Crippen LogP contribution in [0.3, 0.4) is 0 Å². The van der Waals surface area contributed by atoms with E-state index in [2.05, 4.69) is 26.0 Å². The quantitative estimate of drug-likeness (QED) is 0.0774. The summed E-state index contributed by atoms with van der Waals surface area (Å²) >= 11 is 3.44. The van der Waals surface area contributed by atoms with Crippen LogP contribution in [0.4, 0.5) is 5.69 Å². The summed E-state index contributed by atoms with van der Waals surface area (Å²) in [7, 11) is 0. The third kappa shape index (κ3) is 5.14. The SMILES string of the molecule is CCOc1cc(C=Nn2c(-c3cc4cc(Br)ccc4o3)nc3ccccc3c2=O)cc([N+](=O)[O-])c1OC(C)=O. The fourth-order valence-electron chi connectivity index (χ4n) is 3.97. The zero-order valence-corrected chi connectivity index (χ0v) is 22.2. The molecule has 0 unspecified atom stereocenters. The lowest BCUT2D eigenvalue weighted by molar-refractivity contribution is -0.385. The average molecular weight is 591 g/mol. The predicted molar refractivity (Wildman–Crippen MR) is 147 cm³/mol. The smallest absolute Gasteiger partial charge is 0.316 e. The minimum atomic E-state index is -0.739. The first-order valence-corrected chi connectivity index (χ1v) is 12.4. The van der Waals surface area contributed by atoms with E-state index in [0.717, 1.165) is 21.5 Å². The molecule has 196 valence electrons. The van der Waals surface area contributed by atoms with Crippen LogP contribution >= 0.6 is 15.9 Å². The van der Waals surface area contributed by atoms with Gasteiger partial charge in [0.15, 0.2) is 11.5 Å². The van der Waals surface area contributed by atoms with E-state index in [1.807, 2.05) is 12.1 Å². The van der Waals surface area contributed by atoms with Crippen LogP contribution in [-0.2, 0) is 4.79 Å². The van der Waals surface area contributed by atoms with E-state index in [9.17, 15) is 19.7 Å². The third-order valence-electron chi connectivity index (χ3n) is 5.57. The van der Waals surface area contributed by atoms with Gasteiger partial charge >= 0.3 is 11.7 Å². The Morgan fingerprint density at radius 1 is 1.21 bits per heavy atom. The van der Waals surface area contributed by atoms with E-state index in [1.54, 1.807) is 43.3 Å². The van der Waals surface area contributed by atoms with Gasteiger partial charge in [0.05, 0.1) is 28.6 Å². The summed E-state index contributed by atoms with van der Waals surface area (Å²) < 4.78 is 18.5. The summed E-state index contributed by atoms with van der Waals surface area (Å²) in [6, 6.07) is 16.6. The van der Waals surface area contributed by atoms with Crippen LogP contribution in [-0.4, -0.2) is 33.4 Å². The van der Waals surface area contributed by atoms with Crippen LogP contribution in [0.2, 0.25) is 0 Å². The van der Waals surface area contributed by atoms with Gasteiger partial charge in [0.2, 0.25) is 11.6 Å². The molecule has 39 heavy (non-hydrogen) atoms. The molecule has 3 aromatic carbocycles. The zero-order chi connectivity index (χ0) is 27.7. The number of fused-ring (bicyclic) bond motifs is 2. The Kier molecular flexibility index (Phi) is 6.94. The van der Waals surface area contributed by atoms with Crippen molar-refractivity contribution in [2.75, 3.05) is 6.61 Å². The van der Waals surface area contributed by atoms with Crippen LogP contribution < -0.4 is 15.0 Å². The van der Waals surface area contributed by atoms with E-state index in [-0.39, 0.29) is 29.5 Å². The molecule has 0 saturated carbocycles. The van der Waals surface area contributed by atoms with Gasteiger partial charge in [0.1, 0.15) is 5.58 Å². The van der Waals surface area contributed by atoms with Crippen LogP contribution in [0.25, 0.3) is 33.5 Å². The molecule has 0 aliphatic rings. The first-order valence-electron chi connectivity index (χ1n) is 11.6. The molecule has 2 aromatic heterocycles. The van der Waals surface area contributed by atoms with Crippen molar-refractivity contribution in [1.29, 1.82) is 0 Å². The van der Waals surface area contributed by atoms with Gasteiger partial charge in [-0.2, -0.15) is 9.78 Å². The second-order valence-electron chi connectivity index (χ2n) is 8.26. The van der Waals surface area contributed by atoms with Gasteiger partial charge in [0.25, 0.3) is 5.56 Å². The van der Waals surface area contributed by atoms with Crippen LogP contribution in [0, 0.1) is 10.1 Å². The number of furan rings is 1. The van der Waals surface area contributed by atoms with Crippen molar-refractivity contribution >= 4 is 55.7 Å². The van der Waals surface area contributed by atoms with E-state index in [4.69, 9.17) is 13.9 Å². The fourth-order valence-corrected chi connectivity index (χ4v) is 4.35. The number of hydrogen-bond acceptors (Lipinski definition) is 9. The zero-order valence-electron chi connectivity index (χ0n) is 20.6. The highest BCUT2D eigenvalue weighted by molar-refractivity contribution is 9.10. The maximum atomic E-state index is 13.5. The number of carbonyl (C=O) groups excluding carboxylic acids is 1. The highest BCUT2D eigenvalue weighted by Gasteiger charge is 2.24. The Bertz CT molecular complexity index is 1860. The normalized spacial score (nSPS) is 11.4. The second kappa shape index (κ2) is 10.5. The molecule has 5 rings (SSSR count). The highest BCUT2D eigenvalue weighted by atomic mass is 79.9. The van der Waals surface area contributed by atoms with Crippen molar-refractivity contribution in [3.05, 3.63) is 91.2 Å². The Balaban J connectivity index is 1.69. The number of rotatable bonds is 7. The van der Waals surface area contributed by atoms with E-state index in [1.165, 1.54) is 18.3 Å². The molecule has 0 aliphatic heterocycles. The van der Waals surface area contributed by atoms with E-state index in [0.29, 0.717) is 22.2 Å². The molecule has 0 N–H and O–H groups in total. The van der Waals surface area contributed by atoms with Gasteiger partial charge in [-0.15, -0.1) is 0 Å². The molecular weight excluding hydrogens is 572 g/mol. The topological polar surface area (TPSA) is 139 Å². The lowest BCUT2D eigenvalue weighted by atomic mass is 10.2. The van der Waals surface area contributed by atoms with Crippen molar-refractivity contribution in [3.8, 4) is 23.1 Å². The van der Waals surface area contributed by atoms with Gasteiger partial charge < -0.3 is 13.9 Å². The lowest BCUT2D eigenvalue weighted by Gasteiger charge is -2.11. The Morgan fingerprint density at radius 3 is 2.74 bits per heavy atom. The van der Waals surface area contributed by atoms with Gasteiger partial charge in [-0.3, -0.25) is 19.7 Å². The maximum absolute atomic E-state index is 13.5. The Hall–Kier alpha value is -4.84. The number of aromatic nitrogens is 2. The molecule has 2 heterocycles. The van der Waals surface area contributed by atoms with Gasteiger partial charge in [-0.1, -0.05) is 28.1 Å². The van der Waals surface area contributed by atoms with Crippen molar-refractivity contribution in [1.82, 2.24) is 9.66 Å². The Morgan fingerprint density at radius 2 is 2.00 bits per heavy atom. The number of para-hydroxylation sites is 1. The fraction of sp³-hybridized carbons (Fsp3) is 0.111. The Labute approximate surface area is 228 Å². The van der Waals surface area contributed by atoms with E-state index < -0.39 is 22.1 Å². The van der Waals surface area contributed by atoms with Crippen molar-refractivity contribution in [2.45, 2.75) is 13.8 Å². The van der Waals surface area contributed by atoms with E-state index >= 15 is 0 Å². The average Bonchev–Trinajstić information content (AvgIpc) is 3.32. The summed E-state index contributed by atoms with van der Waals surface area (Å²) in [4.78, 5) is 40.8. The third-order valence-corrected chi connectivity index (χ3v) is 6.07. The summed E-state index contributed by atoms with van der Waals surface area (Å²) in [5.41, 5.74) is 0.296. The van der Waals surface area contributed by atoms with Crippen LogP contribution in [0.1, 0.15) is 19.4 Å². The lowest BCUT2D eigenvalue weighted by Crippen LogP contribution is -2.20. The molecule has 0 spiro atoms. The number of ether oxygens (including phenoxy) is 2. The number of nitro groups is 1. The number of benzene rings is 3. The van der Waals surface area contributed by atoms with Crippen LogP contribution in [0.15, 0.2) is 79.4 Å². The summed E-state index contributed by atoms with van der Waals surface area (Å²) in [6.45, 7) is 2.97. The molecule has 11 nitrogen and oxygen atoms in total. The molecule has 0 radical (unpaired) electrons.